The first-order valence-electron chi connectivity index (χ1n) is 5.81. The van der Waals surface area contributed by atoms with Crippen molar-refractivity contribution < 1.29 is 4.52 Å². The molecule has 0 saturated carbocycles. The summed E-state index contributed by atoms with van der Waals surface area (Å²) in [7, 11) is 0. The van der Waals surface area contributed by atoms with Gasteiger partial charge in [0.1, 0.15) is 0 Å². The average molecular weight is 271 g/mol. The predicted octanol–water partition coefficient (Wildman–Crippen LogP) is 4.44. The van der Waals surface area contributed by atoms with E-state index in [0.29, 0.717) is 11.7 Å². The second-order valence-corrected chi connectivity index (χ2v) is 5.53. The highest BCUT2D eigenvalue weighted by molar-refractivity contribution is 7.15. The SMILES string of the molecule is CCCC(Cl)c1noc(-c2ccc(CC)s2)n1. The van der Waals surface area contributed by atoms with Crippen molar-refractivity contribution in [2.24, 2.45) is 0 Å². The maximum atomic E-state index is 6.16. The molecule has 17 heavy (non-hydrogen) atoms. The van der Waals surface area contributed by atoms with Crippen molar-refractivity contribution in [1.29, 1.82) is 0 Å². The van der Waals surface area contributed by atoms with Crippen molar-refractivity contribution in [3.8, 4) is 10.8 Å². The molecular formula is C12H15ClN2OS. The zero-order chi connectivity index (χ0) is 12.3. The predicted molar refractivity (Wildman–Crippen MR) is 70.5 cm³/mol. The third kappa shape index (κ3) is 2.87. The summed E-state index contributed by atoms with van der Waals surface area (Å²) in [5, 5.41) is 3.78. The normalized spacial score (nSPS) is 12.9. The number of aromatic nitrogens is 2. The number of hydrogen-bond donors (Lipinski definition) is 0. The number of aryl methyl sites for hydroxylation is 1. The summed E-state index contributed by atoms with van der Waals surface area (Å²) in [6.07, 6.45) is 2.90. The highest BCUT2D eigenvalue weighted by Crippen LogP contribution is 2.29. The summed E-state index contributed by atoms with van der Waals surface area (Å²) in [4.78, 5) is 6.68. The minimum atomic E-state index is -0.150. The van der Waals surface area contributed by atoms with E-state index in [0.717, 1.165) is 24.1 Å². The van der Waals surface area contributed by atoms with E-state index in [2.05, 4.69) is 30.1 Å². The lowest BCUT2D eigenvalue weighted by molar-refractivity contribution is 0.421. The van der Waals surface area contributed by atoms with Crippen LogP contribution in [0.2, 0.25) is 0 Å². The Hall–Kier alpha value is -0.870. The molecule has 0 spiro atoms. The first kappa shape index (κ1) is 12.6. The fraction of sp³-hybridized carbons (Fsp3) is 0.500. The Morgan fingerprint density at radius 1 is 1.41 bits per heavy atom. The topological polar surface area (TPSA) is 38.9 Å². The Bertz CT molecular complexity index is 480. The molecule has 0 aromatic carbocycles. The summed E-state index contributed by atoms with van der Waals surface area (Å²) in [5.74, 6) is 1.17. The zero-order valence-corrected chi connectivity index (χ0v) is 11.5. The van der Waals surface area contributed by atoms with Crippen LogP contribution in [0.15, 0.2) is 16.7 Å². The second-order valence-electron chi connectivity index (χ2n) is 3.83. The molecule has 0 aliphatic carbocycles. The van der Waals surface area contributed by atoms with Gasteiger partial charge in [-0.25, -0.2) is 0 Å². The molecule has 1 atom stereocenters. The molecule has 0 aliphatic heterocycles. The maximum Gasteiger partial charge on any atom is 0.268 e. The van der Waals surface area contributed by atoms with Crippen LogP contribution in [-0.4, -0.2) is 10.1 Å². The standard InChI is InChI=1S/C12H15ClN2OS/c1-3-5-9(13)11-14-12(16-15-11)10-7-6-8(4-2)17-10/h6-7,9H,3-5H2,1-2H3. The van der Waals surface area contributed by atoms with Gasteiger partial charge in [0, 0.05) is 4.88 Å². The molecule has 2 aromatic heterocycles. The molecule has 5 heteroatoms. The van der Waals surface area contributed by atoms with Crippen LogP contribution in [-0.2, 0) is 6.42 Å². The number of hydrogen-bond acceptors (Lipinski definition) is 4. The molecule has 0 amide bonds. The number of halogens is 1. The average Bonchev–Trinajstić information content (AvgIpc) is 2.98. The van der Waals surface area contributed by atoms with Gasteiger partial charge in [-0.3, -0.25) is 0 Å². The van der Waals surface area contributed by atoms with Crippen molar-refractivity contribution in [3.63, 3.8) is 0 Å². The van der Waals surface area contributed by atoms with E-state index in [9.17, 15) is 0 Å². The van der Waals surface area contributed by atoms with Gasteiger partial charge in [0.25, 0.3) is 5.89 Å². The van der Waals surface area contributed by atoms with E-state index in [1.54, 1.807) is 11.3 Å². The van der Waals surface area contributed by atoms with Crippen LogP contribution in [0.4, 0.5) is 0 Å². The maximum absolute atomic E-state index is 6.16. The van der Waals surface area contributed by atoms with Gasteiger partial charge in [0.15, 0.2) is 5.82 Å². The Morgan fingerprint density at radius 3 is 2.88 bits per heavy atom. The lowest BCUT2D eigenvalue weighted by Crippen LogP contribution is -1.92. The van der Waals surface area contributed by atoms with Gasteiger partial charge in [0.2, 0.25) is 0 Å². The monoisotopic (exact) mass is 270 g/mol. The van der Waals surface area contributed by atoms with Gasteiger partial charge in [-0.2, -0.15) is 4.98 Å². The van der Waals surface area contributed by atoms with Crippen LogP contribution in [0.5, 0.6) is 0 Å². The largest absolute Gasteiger partial charge is 0.333 e. The van der Waals surface area contributed by atoms with Crippen molar-refractivity contribution in [3.05, 3.63) is 22.8 Å². The summed E-state index contributed by atoms with van der Waals surface area (Å²) < 4.78 is 5.24. The molecular weight excluding hydrogens is 256 g/mol. The van der Waals surface area contributed by atoms with Crippen LogP contribution in [0.25, 0.3) is 10.8 Å². The first-order chi connectivity index (χ1) is 8.24. The second kappa shape index (κ2) is 5.65. The fourth-order valence-electron chi connectivity index (χ4n) is 1.53. The van der Waals surface area contributed by atoms with E-state index in [-0.39, 0.29) is 5.38 Å². The smallest absolute Gasteiger partial charge is 0.268 e. The molecule has 2 rings (SSSR count). The summed E-state index contributed by atoms with van der Waals surface area (Å²) in [6.45, 7) is 4.22. The quantitative estimate of drug-likeness (QED) is 0.754. The van der Waals surface area contributed by atoms with E-state index in [4.69, 9.17) is 16.1 Å². The Morgan fingerprint density at radius 2 is 2.24 bits per heavy atom. The third-order valence-corrected chi connectivity index (χ3v) is 4.12. The zero-order valence-electron chi connectivity index (χ0n) is 9.94. The van der Waals surface area contributed by atoms with Gasteiger partial charge in [-0.15, -0.1) is 22.9 Å². The van der Waals surface area contributed by atoms with Gasteiger partial charge in [0.05, 0.1) is 10.3 Å². The minimum Gasteiger partial charge on any atom is -0.333 e. The molecule has 0 bridgehead atoms. The van der Waals surface area contributed by atoms with Crippen LogP contribution in [0.3, 0.4) is 0 Å². The van der Waals surface area contributed by atoms with Crippen molar-refractivity contribution in [2.75, 3.05) is 0 Å². The molecule has 0 radical (unpaired) electrons. The Labute approximate surface area is 110 Å². The summed E-state index contributed by atoms with van der Waals surface area (Å²) >= 11 is 7.84. The molecule has 3 nitrogen and oxygen atoms in total. The van der Waals surface area contributed by atoms with Gasteiger partial charge < -0.3 is 4.52 Å². The lowest BCUT2D eigenvalue weighted by atomic mass is 10.2. The Kier molecular flexibility index (Phi) is 4.18. The number of thiophene rings is 1. The van der Waals surface area contributed by atoms with Crippen molar-refractivity contribution >= 4 is 22.9 Å². The highest BCUT2D eigenvalue weighted by atomic mass is 35.5. The molecule has 92 valence electrons. The molecule has 0 saturated heterocycles. The Balaban J connectivity index is 2.17. The van der Waals surface area contributed by atoms with Crippen LogP contribution in [0.1, 0.15) is 42.8 Å². The van der Waals surface area contributed by atoms with E-state index in [1.165, 1.54) is 4.88 Å². The fourth-order valence-corrected chi connectivity index (χ4v) is 2.70. The third-order valence-electron chi connectivity index (χ3n) is 2.48. The number of nitrogens with zero attached hydrogens (tertiary/aromatic N) is 2. The van der Waals surface area contributed by atoms with E-state index in [1.807, 2.05) is 6.07 Å². The molecule has 0 N–H and O–H groups in total. The molecule has 0 fully saturated rings. The van der Waals surface area contributed by atoms with E-state index >= 15 is 0 Å². The number of alkyl halides is 1. The number of rotatable bonds is 5. The van der Waals surface area contributed by atoms with Crippen molar-refractivity contribution in [2.45, 2.75) is 38.5 Å². The van der Waals surface area contributed by atoms with E-state index < -0.39 is 0 Å². The molecule has 2 aromatic rings. The van der Waals surface area contributed by atoms with Crippen LogP contribution in [0, 0.1) is 0 Å². The molecule has 1 unspecified atom stereocenters. The molecule has 0 aliphatic rings. The summed E-state index contributed by atoms with van der Waals surface area (Å²) in [6, 6.07) is 4.11. The first-order valence-corrected chi connectivity index (χ1v) is 7.06. The van der Waals surface area contributed by atoms with Crippen molar-refractivity contribution in [1.82, 2.24) is 10.1 Å². The summed E-state index contributed by atoms with van der Waals surface area (Å²) in [5.41, 5.74) is 0. The van der Waals surface area contributed by atoms with Gasteiger partial charge in [-0.1, -0.05) is 25.4 Å². The minimum absolute atomic E-state index is 0.150. The van der Waals surface area contributed by atoms with Gasteiger partial charge in [-0.05, 0) is 25.0 Å². The highest BCUT2D eigenvalue weighted by Gasteiger charge is 2.16. The van der Waals surface area contributed by atoms with Crippen LogP contribution < -0.4 is 0 Å². The molecule has 2 heterocycles. The lowest BCUT2D eigenvalue weighted by Gasteiger charge is -1.99. The van der Waals surface area contributed by atoms with Gasteiger partial charge >= 0.3 is 0 Å². The van der Waals surface area contributed by atoms with Crippen LogP contribution >= 0.6 is 22.9 Å².